The zero-order valence-corrected chi connectivity index (χ0v) is 17.0. The van der Waals surface area contributed by atoms with Crippen LogP contribution in [-0.2, 0) is 19.1 Å². The monoisotopic (exact) mass is 402 g/mol. The first-order valence-electron chi connectivity index (χ1n) is 10.5. The number of rotatable bonds is 6. The Morgan fingerprint density at radius 3 is 2.41 bits per heavy atom. The molecule has 2 heterocycles. The number of piperidine rings is 2. The maximum atomic E-state index is 13.0. The van der Waals surface area contributed by atoms with Gasteiger partial charge in [0.05, 0.1) is 6.61 Å². The van der Waals surface area contributed by atoms with Crippen LogP contribution in [0.25, 0.3) is 0 Å². The lowest BCUT2D eigenvalue weighted by molar-refractivity contribution is -0.159. The Bertz CT molecular complexity index is 700. The molecular formula is C22H30N2O5. The highest BCUT2D eigenvalue weighted by molar-refractivity contribution is 5.86. The third-order valence-electron chi connectivity index (χ3n) is 5.65. The summed E-state index contributed by atoms with van der Waals surface area (Å²) in [7, 11) is 0. The molecule has 1 atom stereocenters. The van der Waals surface area contributed by atoms with Gasteiger partial charge in [-0.05, 0) is 51.2 Å². The topological polar surface area (TPSA) is 76.2 Å². The lowest BCUT2D eigenvalue weighted by Crippen LogP contribution is -2.52. The number of benzene rings is 1. The lowest BCUT2D eigenvalue weighted by Gasteiger charge is -2.38. The van der Waals surface area contributed by atoms with Crippen molar-refractivity contribution in [1.82, 2.24) is 9.80 Å². The fraction of sp³-hybridized carbons (Fsp3) is 0.591. The van der Waals surface area contributed by atoms with E-state index < -0.39 is 6.04 Å². The summed E-state index contributed by atoms with van der Waals surface area (Å²) in [6.45, 7) is 3.77. The number of para-hydroxylation sites is 1. The average molecular weight is 402 g/mol. The number of likely N-dealkylation sites (tertiary alicyclic amines) is 2. The third kappa shape index (κ3) is 5.49. The van der Waals surface area contributed by atoms with Gasteiger partial charge in [-0.2, -0.15) is 0 Å². The van der Waals surface area contributed by atoms with Gasteiger partial charge < -0.3 is 19.3 Å². The molecular weight excluding hydrogens is 372 g/mol. The number of esters is 1. The van der Waals surface area contributed by atoms with Crippen molar-refractivity contribution < 1.29 is 23.9 Å². The largest absolute Gasteiger partial charge is 0.484 e. The molecule has 7 nitrogen and oxygen atoms in total. The van der Waals surface area contributed by atoms with Crippen LogP contribution in [0.3, 0.4) is 0 Å². The van der Waals surface area contributed by atoms with E-state index in [9.17, 15) is 14.4 Å². The van der Waals surface area contributed by atoms with E-state index in [4.69, 9.17) is 9.47 Å². The van der Waals surface area contributed by atoms with Crippen molar-refractivity contribution in [3.63, 3.8) is 0 Å². The molecule has 0 spiro atoms. The van der Waals surface area contributed by atoms with Crippen LogP contribution in [0.5, 0.6) is 5.75 Å². The summed E-state index contributed by atoms with van der Waals surface area (Å²) in [5.41, 5.74) is 0. The van der Waals surface area contributed by atoms with Crippen LogP contribution >= 0.6 is 0 Å². The Morgan fingerprint density at radius 2 is 1.72 bits per heavy atom. The molecule has 0 N–H and O–H groups in total. The van der Waals surface area contributed by atoms with Gasteiger partial charge in [0.15, 0.2) is 6.61 Å². The quantitative estimate of drug-likeness (QED) is 0.682. The number of ether oxygens (including phenoxy) is 2. The molecule has 0 radical (unpaired) electrons. The second kappa shape index (κ2) is 10.3. The van der Waals surface area contributed by atoms with Gasteiger partial charge in [-0.25, -0.2) is 4.79 Å². The van der Waals surface area contributed by atoms with Crippen molar-refractivity contribution >= 4 is 17.8 Å². The second-order valence-corrected chi connectivity index (χ2v) is 7.55. The summed E-state index contributed by atoms with van der Waals surface area (Å²) < 4.78 is 10.7. The Labute approximate surface area is 171 Å². The molecule has 2 saturated heterocycles. The lowest BCUT2D eigenvalue weighted by atomic mass is 9.92. The third-order valence-corrected chi connectivity index (χ3v) is 5.65. The maximum absolute atomic E-state index is 13.0. The predicted molar refractivity (Wildman–Crippen MR) is 107 cm³/mol. The maximum Gasteiger partial charge on any atom is 0.328 e. The van der Waals surface area contributed by atoms with Crippen molar-refractivity contribution in [1.29, 1.82) is 0 Å². The minimum Gasteiger partial charge on any atom is -0.484 e. The van der Waals surface area contributed by atoms with Gasteiger partial charge in [0.1, 0.15) is 11.8 Å². The Kier molecular flexibility index (Phi) is 7.49. The number of nitrogens with zero attached hydrogens (tertiary/aromatic N) is 2. The molecule has 0 bridgehead atoms. The SMILES string of the molecule is CCOC(=O)C1CCCCN1C(=O)C1CCN(C(=O)COc2ccccc2)CC1. The van der Waals surface area contributed by atoms with E-state index in [1.807, 2.05) is 30.3 Å². The zero-order valence-electron chi connectivity index (χ0n) is 17.0. The zero-order chi connectivity index (χ0) is 20.6. The molecule has 29 heavy (non-hydrogen) atoms. The molecule has 0 aliphatic carbocycles. The number of amides is 2. The summed E-state index contributed by atoms with van der Waals surface area (Å²) in [5, 5.41) is 0. The van der Waals surface area contributed by atoms with E-state index in [0.717, 1.165) is 12.8 Å². The number of hydrogen-bond donors (Lipinski definition) is 0. The Balaban J connectivity index is 1.49. The first-order valence-corrected chi connectivity index (χ1v) is 10.5. The number of hydrogen-bond acceptors (Lipinski definition) is 5. The second-order valence-electron chi connectivity index (χ2n) is 7.55. The van der Waals surface area contributed by atoms with Crippen LogP contribution in [0.4, 0.5) is 0 Å². The molecule has 2 amide bonds. The minimum atomic E-state index is -0.463. The summed E-state index contributed by atoms with van der Waals surface area (Å²) >= 11 is 0. The van der Waals surface area contributed by atoms with Crippen molar-refractivity contribution in [2.45, 2.75) is 45.1 Å². The van der Waals surface area contributed by atoms with Gasteiger partial charge in [-0.1, -0.05) is 18.2 Å². The van der Waals surface area contributed by atoms with Crippen LogP contribution in [0.15, 0.2) is 30.3 Å². The Hall–Kier alpha value is -2.57. The highest BCUT2D eigenvalue weighted by Gasteiger charge is 2.37. The smallest absolute Gasteiger partial charge is 0.328 e. The highest BCUT2D eigenvalue weighted by atomic mass is 16.5. The average Bonchev–Trinajstić information content (AvgIpc) is 2.78. The van der Waals surface area contributed by atoms with Crippen molar-refractivity contribution in [2.75, 3.05) is 32.8 Å². The fourth-order valence-electron chi connectivity index (χ4n) is 4.04. The molecule has 2 fully saturated rings. The van der Waals surface area contributed by atoms with Crippen LogP contribution in [0, 0.1) is 5.92 Å². The molecule has 1 aromatic carbocycles. The molecule has 7 heteroatoms. The van der Waals surface area contributed by atoms with E-state index in [0.29, 0.717) is 51.3 Å². The normalized spacial score (nSPS) is 20.2. The summed E-state index contributed by atoms with van der Waals surface area (Å²) in [6, 6.07) is 8.79. The first-order chi connectivity index (χ1) is 14.1. The van der Waals surface area contributed by atoms with Crippen molar-refractivity contribution in [3.05, 3.63) is 30.3 Å². The molecule has 2 aliphatic rings. The standard InChI is InChI=1S/C22H30N2O5/c1-2-28-22(27)19-10-6-7-13-24(19)21(26)17-11-14-23(15-12-17)20(25)16-29-18-8-4-3-5-9-18/h3-5,8-9,17,19H,2,6-7,10-16H2,1H3. The van der Waals surface area contributed by atoms with Gasteiger partial charge in [-0.15, -0.1) is 0 Å². The van der Waals surface area contributed by atoms with Gasteiger partial charge in [0.25, 0.3) is 5.91 Å². The number of carbonyl (C=O) groups is 3. The molecule has 2 aliphatic heterocycles. The van der Waals surface area contributed by atoms with Gasteiger partial charge in [0, 0.05) is 25.6 Å². The summed E-state index contributed by atoms with van der Waals surface area (Å²) in [4.78, 5) is 41.2. The molecule has 0 aromatic heterocycles. The van der Waals surface area contributed by atoms with E-state index in [1.165, 1.54) is 0 Å². The summed E-state index contributed by atoms with van der Waals surface area (Å²) in [5.74, 6) is 0.175. The van der Waals surface area contributed by atoms with E-state index in [-0.39, 0.29) is 30.3 Å². The first kappa shape index (κ1) is 21.1. The van der Waals surface area contributed by atoms with E-state index in [2.05, 4.69) is 0 Å². The molecule has 0 saturated carbocycles. The van der Waals surface area contributed by atoms with Gasteiger partial charge in [-0.3, -0.25) is 9.59 Å². The fourth-order valence-corrected chi connectivity index (χ4v) is 4.04. The van der Waals surface area contributed by atoms with Gasteiger partial charge >= 0.3 is 5.97 Å². The molecule has 3 rings (SSSR count). The van der Waals surface area contributed by atoms with E-state index >= 15 is 0 Å². The van der Waals surface area contributed by atoms with Crippen molar-refractivity contribution in [2.24, 2.45) is 5.92 Å². The van der Waals surface area contributed by atoms with Gasteiger partial charge in [0.2, 0.25) is 5.91 Å². The highest BCUT2D eigenvalue weighted by Crippen LogP contribution is 2.25. The minimum absolute atomic E-state index is 0.000314. The number of carbonyl (C=O) groups excluding carboxylic acids is 3. The van der Waals surface area contributed by atoms with Crippen molar-refractivity contribution in [3.8, 4) is 5.75 Å². The van der Waals surface area contributed by atoms with Crippen LogP contribution in [0.2, 0.25) is 0 Å². The summed E-state index contributed by atoms with van der Waals surface area (Å²) in [6.07, 6.45) is 3.74. The van der Waals surface area contributed by atoms with Crippen LogP contribution < -0.4 is 4.74 Å². The molecule has 158 valence electrons. The van der Waals surface area contributed by atoms with E-state index in [1.54, 1.807) is 16.7 Å². The Morgan fingerprint density at radius 1 is 1.00 bits per heavy atom. The molecule has 1 aromatic rings. The van der Waals surface area contributed by atoms with Crippen LogP contribution in [0.1, 0.15) is 39.0 Å². The predicted octanol–water partition coefficient (Wildman–Crippen LogP) is 2.25. The molecule has 1 unspecified atom stereocenters. The van der Waals surface area contributed by atoms with Crippen LogP contribution in [-0.4, -0.2) is 66.5 Å².